The van der Waals surface area contributed by atoms with Gasteiger partial charge in [0, 0.05) is 32.9 Å². The first-order valence-corrected chi connectivity index (χ1v) is 8.87. The standard InChI is InChI=1S/C19H19IN2O/c1-11-14(10-21)17(12-4-6-13(20)7-5-12)18-15(22-11)8-19(2,3)9-16(18)23/h4-7,14,17H,8-9H2,1-3H3. The summed E-state index contributed by atoms with van der Waals surface area (Å²) < 4.78 is 1.14. The largest absolute Gasteiger partial charge is 0.294 e. The number of ketones is 1. The molecular formula is C19H19IN2O. The predicted molar refractivity (Wildman–Crippen MR) is 99.2 cm³/mol. The summed E-state index contributed by atoms with van der Waals surface area (Å²) in [6.45, 7) is 6.12. The molecule has 0 spiro atoms. The van der Waals surface area contributed by atoms with Gasteiger partial charge < -0.3 is 0 Å². The molecule has 3 rings (SSSR count). The Morgan fingerprint density at radius 2 is 1.91 bits per heavy atom. The minimum atomic E-state index is -0.362. The summed E-state index contributed by atoms with van der Waals surface area (Å²) in [7, 11) is 0. The molecule has 2 aliphatic rings. The van der Waals surface area contributed by atoms with Gasteiger partial charge in [-0.2, -0.15) is 5.26 Å². The Balaban J connectivity index is 2.17. The fourth-order valence-corrected chi connectivity index (χ4v) is 4.00. The quantitative estimate of drug-likeness (QED) is 0.625. The van der Waals surface area contributed by atoms with Crippen LogP contribution in [-0.2, 0) is 4.79 Å². The number of carbonyl (C=O) groups excluding carboxylic acids is 1. The minimum absolute atomic E-state index is 0.0597. The number of aliphatic imine (C=N–C) groups is 1. The monoisotopic (exact) mass is 418 g/mol. The molecule has 2 unspecified atom stereocenters. The highest BCUT2D eigenvalue weighted by Crippen LogP contribution is 2.47. The molecule has 4 heteroatoms. The summed E-state index contributed by atoms with van der Waals surface area (Å²) in [5, 5.41) is 9.66. The van der Waals surface area contributed by atoms with Crippen LogP contribution in [0.15, 0.2) is 40.5 Å². The van der Waals surface area contributed by atoms with Gasteiger partial charge in [-0.25, -0.2) is 0 Å². The average Bonchev–Trinajstić information content (AvgIpc) is 2.45. The molecule has 0 bridgehead atoms. The van der Waals surface area contributed by atoms with Crippen LogP contribution in [0.25, 0.3) is 0 Å². The number of nitrogens with zero attached hydrogens (tertiary/aromatic N) is 2. The molecule has 0 saturated carbocycles. The number of carbonyl (C=O) groups is 1. The lowest BCUT2D eigenvalue weighted by Gasteiger charge is -2.37. The van der Waals surface area contributed by atoms with Gasteiger partial charge in [0.15, 0.2) is 5.78 Å². The number of benzene rings is 1. The maximum atomic E-state index is 12.8. The van der Waals surface area contributed by atoms with E-state index in [1.807, 2.05) is 31.2 Å². The topological polar surface area (TPSA) is 53.2 Å². The summed E-state index contributed by atoms with van der Waals surface area (Å²) in [4.78, 5) is 17.5. The van der Waals surface area contributed by atoms with E-state index < -0.39 is 0 Å². The van der Waals surface area contributed by atoms with Gasteiger partial charge >= 0.3 is 0 Å². The molecule has 0 radical (unpaired) electrons. The molecule has 1 aromatic carbocycles. The van der Waals surface area contributed by atoms with Crippen molar-refractivity contribution in [2.24, 2.45) is 16.3 Å². The molecule has 2 atom stereocenters. The first kappa shape index (κ1) is 16.4. The molecule has 1 heterocycles. The number of Topliss-reactive ketones (excluding diaryl/α,β-unsaturated/α-hetero) is 1. The number of halogens is 1. The third-order valence-corrected chi connectivity index (χ3v) is 5.39. The van der Waals surface area contributed by atoms with Gasteiger partial charge in [0.1, 0.15) is 0 Å². The van der Waals surface area contributed by atoms with Crippen LogP contribution in [-0.4, -0.2) is 11.5 Å². The highest BCUT2D eigenvalue weighted by molar-refractivity contribution is 14.1. The number of rotatable bonds is 1. The van der Waals surface area contributed by atoms with Crippen molar-refractivity contribution in [1.82, 2.24) is 0 Å². The fraction of sp³-hybridized carbons (Fsp3) is 0.421. The van der Waals surface area contributed by atoms with E-state index in [9.17, 15) is 10.1 Å². The predicted octanol–water partition coefficient (Wildman–Crippen LogP) is 4.63. The Hall–Kier alpha value is -1.48. The first-order chi connectivity index (χ1) is 10.8. The van der Waals surface area contributed by atoms with Crippen LogP contribution in [0.4, 0.5) is 0 Å². The smallest absolute Gasteiger partial charge is 0.161 e. The second-order valence-electron chi connectivity index (χ2n) is 7.19. The molecule has 1 aliphatic carbocycles. The Morgan fingerprint density at radius 1 is 1.26 bits per heavy atom. The molecule has 0 aromatic heterocycles. The molecule has 118 valence electrons. The summed E-state index contributed by atoms with van der Waals surface area (Å²) in [6.07, 6.45) is 1.32. The van der Waals surface area contributed by atoms with Crippen LogP contribution < -0.4 is 0 Å². The van der Waals surface area contributed by atoms with Crippen molar-refractivity contribution in [3.8, 4) is 6.07 Å². The Bertz CT molecular complexity index is 766. The minimum Gasteiger partial charge on any atom is -0.294 e. The van der Waals surface area contributed by atoms with Crippen molar-refractivity contribution in [3.63, 3.8) is 0 Å². The van der Waals surface area contributed by atoms with Gasteiger partial charge in [0.05, 0.1) is 12.0 Å². The van der Waals surface area contributed by atoms with E-state index in [0.29, 0.717) is 6.42 Å². The van der Waals surface area contributed by atoms with Crippen molar-refractivity contribution in [2.45, 2.75) is 39.5 Å². The van der Waals surface area contributed by atoms with Crippen molar-refractivity contribution >= 4 is 34.1 Å². The summed E-state index contributed by atoms with van der Waals surface area (Å²) in [6, 6.07) is 10.5. The van der Waals surface area contributed by atoms with Crippen molar-refractivity contribution < 1.29 is 4.79 Å². The number of nitriles is 1. The zero-order valence-corrected chi connectivity index (χ0v) is 15.7. The second-order valence-corrected chi connectivity index (χ2v) is 8.44. The number of hydrogen-bond acceptors (Lipinski definition) is 3. The van der Waals surface area contributed by atoms with Gasteiger partial charge in [0.25, 0.3) is 0 Å². The SMILES string of the molecule is CC1=NC2=C(C(=O)CC(C)(C)C2)C(c2ccc(I)cc2)C1C#N. The zero-order chi connectivity index (χ0) is 16.8. The van der Waals surface area contributed by atoms with E-state index in [-0.39, 0.29) is 23.0 Å². The molecule has 3 nitrogen and oxygen atoms in total. The van der Waals surface area contributed by atoms with Crippen molar-refractivity contribution in [2.75, 3.05) is 0 Å². The molecule has 23 heavy (non-hydrogen) atoms. The van der Waals surface area contributed by atoms with Crippen molar-refractivity contribution in [1.29, 1.82) is 5.26 Å². The fourth-order valence-electron chi connectivity index (χ4n) is 3.64. The maximum Gasteiger partial charge on any atom is 0.161 e. The van der Waals surface area contributed by atoms with Gasteiger partial charge in [-0.15, -0.1) is 0 Å². The number of allylic oxidation sites excluding steroid dienone is 2. The van der Waals surface area contributed by atoms with Crippen LogP contribution in [0, 0.1) is 26.2 Å². The summed E-state index contributed by atoms with van der Waals surface area (Å²) in [5.74, 6) is -0.400. The van der Waals surface area contributed by atoms with Crippen molar-refractivity contribution in [3.05, 3.63) is 44.7 Å². The van der Waals surface area contributed by atoms with E-state index in [0.717, 1.165) is 32.5 Å². The van der Waals surface area contributed by atoms with E-state index in [2.05, 4.69) is 47.5 Å². The van der Waals surface area contributed by atoms with Gasteiger partial charge in [0.2, 0.25) is 0 Å². The maximum absolute atomic E-state index is 12.8. The third kappa shape index (κ3) is 2.99. The second kappa shape index (κ2) is 5.86. The van der Waals surface area contributed by atoms with Gasteiger partial charge in [-0.3, -0.25) is 9.79 Å². The third-order valence-electron chi connectivity index (χ3n) is 4.67. The highest BCUT2D eigenvalue weighted by atomic mass is 127. The van der Waals surface area contributed by atoms with E-state index >= 15 is 0 Å². The lowest BCUT2D eigenvalue weighted by atomic mass is 9.67. The highest BCUT2D eigenvalue weighted by Gasteiger charge is 2.42. The molecular weight excluding hydrogens is 399 g/mol. The van der Waals surface area contributed by atoms with Crippen LogP contribution >= 0.6 is 22.6 Å². The average molecular weight is 418 g/mol. The Labute approximate surface area is 150 Å². The summed E-state index contributed by atoms with van der Waals surface area (Å²) in [5.41, 5.74) is 3.45. The molecule has 0 N–H and O–H groups in total. The number of hydrogen-bond donors (Lipinski definition) is 0. The Kier molecular flexibility index (Phi) is 4.18. The van der Waals surface area contributed by atoms with Gasteiger partial charge in [-0.1, -0.05) is 26.0 Å². The normalized spacial score (nSPS) is 26.4. The van der Waals surface area contributed by atoms with E-state index in [1.165, 1.54) is 0 Å². The van der Waals surface area contributed by atoms with Crippen LogP contribution in [0.3, 0.4) is 0 Å². The lowest BCUT2D eigenvalue weighted by Crippen LogP contribution is -2.35. The van der Waals surface area contributed by atoms with E-state index in [4.69, 9.17) is 0 Å². The molecule has 0 amide bonds. The zero-order valence-electron chi connectivity index (χ0n) is 13.6. The molecule has 0 fully saturated rings. The van der Waals surface area contributed by atoms with Crippen LogP contribution in [0.1, 0.15) is 45.1 Å². The van der Waals surface area contributed by atoms with Gasteiger partial charge in [-0.05, 0) is 59.0 Å². The Morgan fingerprint density at radius 3 is 2.52 bits per heavy atom. The summed E-state index contributed by atoms with van der Waals surface area (Å²) >= 11 is 2.26. The van der Waals surface area contributed by atoms with Crippen LogP contribution in [0.5, 0.6) is 0 Å². The van der Waals surface area contributed by atoms with E-state index in [1.54, 1.807) is 0 Å². The molecule has 0 saturated heterocycles. The van der Waals surface area contributed by atoms with Crippen LogP contribution in [0.2, 0.25) is 0 Å². The molecule has 1 aliphatic heterocycles. The molecule has 1 aromatic rings. The lowest BCUT2D eigenvalue weighted by molar-refractivity contribution is -0.118. The first-order valence-electron chi connectivity index (χ1n) is 7.79.